The van der Waals surface area contributed by atoms with Crippen LogP contribution < -0.4 is 20.1 Å². The van der Waals surface area contributed by atoms with Crippen molar-refractivity contribution < 1.29 is 36.6 Å². The van der Waals surface area contributed by atoms with E-state index in [9.17, 15) is 27.2 Å². The monoisotopic (exact) mass is 488 g/mol. The van der Waals surface area contributed by atoms with Crippen molar-refractivity contribution in [1.82, 2.24) is 0 Å². The summed E-state index contributed by atoms with van der Waals surface area (Å²) in [6.07, 6.45) is -4.55. The van der Waals surface area contributed by atoms with Gasteiger partial charge in [-0.3, -0.25) is 9.59 Å². The molecular weight excluding hydrogens is 468 g/mol. The number of halogens is 4. The Kier molecular flexibility index (Phi) is 6.90. The number of fused-ring (bicyclic) bond motifs is 1. The molecule has 1 aliphatic rings. The van der Waals surface area contributed by atoms with Crippen LogP contribution in [-0.4, -0.2) is 25.0 Å². The fourth-order valence-corrected chi connectivity index (χ4v) is 3.48. The van der Waals surface area contributed by atoms with Crippen LogP contribution in [0.25, 0.3) is 0 Å². The molecule has 2 amide bonds. The van der Waals surface area contributed by atoms with E-state index in [4.69, 9.17) is 9.47 Å². The first-order valence-corrected chi connectivity index (χ1v) is 10.7. The number of carbonyl (C=O) groups excluding carboxylic acids is 2. The van der Waals surface area contributed by atoms with E-state index in [2.05, 4.69) is 10.6 Å². The standard InChI is InChI=1S/C25H20F4N2O4/c26-17-5-3-16(4-6-17)24(33)30-18-7-8-20(19(14-18)25(27,28)29)31-23(32)10-2-15-1-9-21-22(13-15)35-12-11-34-21/h1,3-9,13-14H,2,10-12H2,(H,30,33)(H,31,32). The smallest absolute Gasteiger partial charge is 0.418 e. The third-order valence-corrected chi connectivity index (χ3v) is 5.21. The van der Waals surface area contributed by atoms with E-state index in [0.717, 1.165) is 29.8 Å². The van der Waals surface area contributed by atoms with Gasteiger partial charge >= 0.3 is 6.18 Å². The second-order valence-corrected chi connectivity index (χ2v) is 7.75. The lowest BCUT2D eigenvalue weighted by atomic mass is 10.1. The summed E-state index contributed by atoms with van der Waals surface area (Å²) < 4.78 is 65.0. The molecule has 0 saturated carbocycles. The van der Waals surface area contributed by atoms with E-state index in [-0.39, 0.29) is 24.1 Å². The zero-order valence-electron chi connectivity index (χ0n) is 18.2. The Morgan fingerprint density at radius 1 is 0.857 bits per heavy atom. The summed E-state index contributed by atoms with van der Waals surface area (Å²) in [6, 6.07) is 12.8. The van der Waals surface area contributed by atoms with Gasteiger partial charge in [0.25, 0.3) is 5.91 Å². The van der Waals surface area contributed by atoms with E-state index < -0.39 is 35.1 Å². The zero-order chi connectivity index (χ0) is 25.0. The Morgan fingerprint density at radius 2 is 1.57 bits per heavy atom. The number of nitrogens with one attached hydrogen (secondary N) is 2. The first-order chi connectivity index (χ1) is 16.7. The molecule has 1 aliphatic heterocycles. The molecule has 0 saturated heterocycles. The third-order valence-electron chi connectivity index (χ3n) is 5.21. The van der Waals surface area contributed by atoms with Gasteiger partial charge in [0.1, 0.15) is 19.0 Å². The van der Waals surface area contributed by atoms with Crippen molar-refractivity contribution in [2.45, 2.75) is 19.0 Å². The quantitative estimate of drug-likeness (QED) is 0.453. The van der Waals surface area contributed by atoms with E-state index in [1.807, 2.05) is 0 Å². The normalized spacial score (nSPS) is 12.7. The highest BCUT2D eigenvalue weighted by Gasteiger charge is 2.34. The van der Waals surface area contributed by atoms with Crippen LogP contribution >= 0.6 is 0 Å². The lowest BCUT2D eigenvalue weighted by Gasteiger charge is -2.19. The van der Waals surface area contributed by atoms with Gasteiger partial charge in [-0.2, -0.15) is 13.2 Å². The van der Waals surface area contributed by atoms with Gasteiger partial charge in [0.05, 0.1) is 11.3 Å². The molecular formula is C25H20F4N2O4. The van der Waals surface area contributed by atoms with E-state index >= 15 is 0 Å². The molecule has 2 N–H and O–H groups in total. The summed E-state index contributed by atoms with van der Waals surface area (Å²) in [5, 5.41) is 4.64. The molecule has 0 unspecified atom stereocenters. The van der Waals surface area contributed by atoms with Crippen LogP contribution in [0.3, 0.4) is 0 Å². The lowest BCUT2D eigenvalue weighted by Crippen LogP contribution is -2.18. The summed E-state index contributed by atoms with van der Waals surface area (Å²) in [6.45, 7) is 0.864. The van der Waals surface area contributed by atoms with Crippen molar-refractivity contribution in [3.8, 4) is 11.5 Å². The first kappa shape index (κ1) is 24.1. The number of alkyl halides is 3. The Morgan fingerprint density at radius 3 is 2.29 bits per heavy atom. The van der Waals surface area contributed by atoms with Crippen LogP contribution in [0.1, 0.15) is 27.9 Å². The van der Waals surface area contributed by atoms with Gasteiger partial charge < -0.3 is 20.1 Å². The SMILES string of the molecule is O=C(CCc1ccc2c(c1)OCCO2)Nc1ccc(NC(=O)c2ccc(F)cc2)cc1C(F)(F)F. The molecule has 0 fully saturated rings. The highest BCUT2D eigenvalue weighted by molar-refractivity contribution is 6.04. The fourth-order valence-electron chi connectivity index (χ4n) is 3.48. The first-order valence-electron chi connectivity index (χ1n) is 10.7. The Bertz CT molecular complexity index is 1240. The molecule has 0 aromatic heterocycles. The Labute approximate surface area is 197 Å². The number of hydrogen-bond acceptors (Lipinski definition) is 4. The average Bonchev–Trinajstić information content (AvgIpc) is 2.83. The summed E-state index contributed by atoms with van der Waals surface area (Å²) in [5.74, 6) is -0.685. The highest BCUT2D eigenvalue weighted by Crippen LogP contribution is 2.37. The maximum atomic E-state index is 13.7. The predicted octanol–water partition coefficient (Wildman–Crippen LogP) is 5.44. The number of carbonyl (C=O) groups is 2. The van der Waals surface area contributed by atoms with Crippen LogP contribution in [0.2, 0.25) is 0 Å². The van der Waals surface area contributed by atoms with Gasteiger partial charge in [0.15, 0.2) is 11.5 Å². The van der Waals surface area contributed by atoms with Crippen molar-refractivity contribution in [1.29, 1.82) is 0 Å². The highest BCUT2D eigenvalue weighted by atomic mass is 19.4. The van der Waals surface area contributed by atoms with Gasteiger partial charge in [-0.05, 0) is 66.6 Å². The van der Waals surface area contributed by atoms with Gasteiger partial charge in [-0.25, -0.2) is 4.39 Å². The van der Waals surface area contributed by atoms with Crippen molar-refractivity contribution in [2.24, 2.45) is 0 Å². The van der Waals surface area contributed by atoms with Gasteiger partial charge in [-0.15, -0.1) is 0 Å². The lowest BCUT2D eigenvalue weighted by molar-refractivity contribution is -0.136. The topological polar surface area (TPSA) is 76.7 Å². The maximum Gasteiger partial charge on any atom is 0.418 e. The fraction of sp³-hybridized carbons (Fsp3) is 0.200. The molecule has 0 radical (unpaired) electrons. The average molecular weight is 488 g/mol. The molecule has 1 heterocycles. The minimum Gasteiger partial charge on any atom is -0.486 e. The number of rotatable bonds is 6. The van der Waals surface area contributed by atoms with Crippen LogP contribution in [-0.2, 0) is 17.4 Å². The van der Waals surface area contributed by atoms with Gasteiger partial charge in [-0.1, -0.05) is 6.07 Å². The number of hydrogen-bond donors (Lipinski definition) is 2. The van der Waals surface area contributed by atoms with Gasteiger partial charge in [0, 0.05) is 17.7 Å². The van der Waals surface area contributed by atoms with E-state index in [1.165, 1.54) is 18.2 Å². The van der Waals surface area contributed by atoms with Crippen LogP contribution in [0.5, 0.6) is 11.5 Å². The minimum atomic E-state index is -4.78. The number of benzene rings is 3. The van der Waals surface area contributed by atoms with Crippen molar-refractivity contribution in [2.75, 3.05) is 23.8 Å². The van der Waals surface area contributed by atoms with Crippen molar-refractivity contribution >= 4 is 23.2 Å². The molecule has 0 bridgehead atoms. The molecule has 0 atom stereocenters. The molecule has 3 aromatic carbocycles. The molecule has 4 rings (SSSR count). The Balaban J connectivity index is 1.43. The summed E-state index contributed by atoms with van der Waals surface area (Å²) >= 11 is 0. The summed E-state index contributed by atoms with van der Waals surface area (Å²) in [4.78, 5) is 24.7. The second-order valence-electron chi connectivity index (χ2n) is 7.75. The molecule has 3 aromatic rings. The molecule has 182 valence electrons. The van der Waals surface area contributed by atoms with Crippen LogP contribution in [0.4, 0.5) is 28.9 Å². The van der Waals surface area contributed by atoms with Crippen molar-refractivity contribution in [3.63, 3.8) is 0 Å². The molecule has 10 heteroatoms. The molecule has 0 aliphatic carbocycles. The third kappa shape index (κ3) is 6.08. The molecule has 6 nitrogen and oxygen atoms in total. The number of ether oxygens (including phenoxy) is 2. The zero-order valence-corrected chi connectivity index (χ0v) is 18.2. The largest absolute Gasteiger partial charge is 0.486 e. The second kappa shape index (κ2) is 10.0. The van der Waals surface area contributed by atoms with Crippen LogP contribution in [0, 0.1) is 5.82 Å². The molecule has 0 spiro atoms. The van der Waals surface area contributed by atoms with Crippen LogP contribution in [0.15, 0.2) is 60.7 Å². The van der Waals surface area contributed by atoms with E-state index in [1.54, 1.807) is 18.2 Å². The maximum absolute atomic E-state index is 13.7. The number of anilines is 2. The van der Waals surface area contributed by atoms with E-state index in [0.29, 0.717) is 24.7 Å². The number of amides is 2. The van der Waals surface area contributed by atoms with Crippen molar-refractivity contribution in [3.05, 3.63) is 83.2 Å². The minimum absolute atomic E-state index is 0.0556. The van der Waals surface area contributed by atoms with Gasteiger partial charge in [0.2, 0.25) is 5.91 Å². The summed E-state index contributed by atoms with van der Waals surface area (Å²) in [5.41, 5.74) is -0.803. The summed E-state index contributed by atoms with van der Waals surface area (Å²) in [7, 11) is 0. The molecule has 35 heavy (non-hydrogen) atoms. The number of aryl methyl sites for hydroxylation is 1. The Hall–Kier alpha value is -4.08. The predicted molar refractivity (Wildman–Crippen MR) is 120 cm³/mol.